The molecule has 0 saturated heterocycles. The number of para-hydroxylation sites is 1. The van der Waals surface area contributed by atoms with Crippen LogP contribution in [0, 0.1) is 12.7 Å². The van der Waals surface area contributed by atoms with Crippen LogP contribution < -0.4 is 5.32 Å². The van der Waals surface area contributed by atoms with E-state index < -0.39 is 17.8 Å². The van der Waals surface area contributed by atoms with Gasteiger partial charge in [0, 0.05) is 5.38 Å². The van der Waals surface area contributed by atoms with Gasteiger partial charge in [-0.3, -0.25) is 0 Å². The van der Waals surface area contributed by atoms with Gasteiger partial charge in [0.15, 0.2) is 6.04 Å². The van der Waals surface area contributed by atoms with Gasteiger partial charge in [-0.2, -0.15) is 0 Å². The summed E-state index contributed by atoms with van der Waals surface area (Å²) in [6, 6.07) is 4.89. The van der Waals surface area contributed by atoms with Crippen LogP contribution in [0.3, 0.4) is 0 Å². The average Bonchev–Trinajstić information content (AvgIpc) is 2.74. The molecule has 94 valence electrons. The molecule has 6 heteroatoms. The summed E-state index contributed by atoms with van der Waals surface area (Å²) in [6.07, 6.45) is 0. The Kier molecular flexibility index (Phi) is 3.57. The number of nitrogens with one attached hydrogen (secondary N) is 1. The molecule has 18 heavy (non-hydrogen) atoms. The highest BCUT2D eigenvalue weighted by Gasteiger charge is 2.23. The minimum atomic E-state index is -1.09. The molecule has 0 aliphatic heterocycles. The monoisotopic (exact) mass is 266 g/mol. The van der Waals surface area contributed by atoms with E-state index in [4.69, 9.17) is 5.11 Å². The van der Waals surface area contributed by atoms with E-state index in [1.54, 1.807) is 24.4 Å². The number of hydrogen-bond donors (Lipinski definition) is 2. The lowest BCUT2D eigenvalue weighted by Crippen LogP contribution is -2.21. The minimum Gasteiger partial charge on any atom is -0.479 e. The van der Waals surface area contributed by atoms with E-state index in [9.17, 15) is 9.18 Å². The molecule has 1 aromatic carbocycles. The van der Waals surface area contributed by atoms with Crippen molar-refractivity contribution >= 4 is 23.0 Å². The van der Waals surface area contributed by atoms with Gasteiger partial charge in [0.05, 0.1) is 16.4 Å². The predicted octanol–water partition coefficient (Wildman–Crippen LogP) is 2.83. The molecule has 1 aromatic heterocycles. The van der Waals surface area contributed by atoms with Gasteiger partial charge < -0.3 is 10.4 Å². The van der Waals surface area contributed by atoms with Crippen LogP contribution >= 0.6 is 11.3 Å². The van der Waals surface area contributed by atoms with Crippen LogP contribution in [0.4, 0.5) is 10.1 Å². The first kappa shape index (κ1) is 12.5. The van der Waals surface area contributed by atoms with Crippen molar-refractivity contribution in [2.24, 2.45) is 0 Å². The van der Waals surface area contributed by atoms with Gasteiger partial charge >= 0.3 is 5.97 Å². The largest absolute Gasteiger partial charge is 0.479 e. The molecule has 0 saturated carbocycles. The van der Waals surface area contributed by atoms with Crippen LogP contribution in [0.15, 0.2) is 29.6 Å². The third-order valence-electron chi connectivity index (χ3n) is 2.35. The van der Waals surface area contributed by atoms with E-state index in [0.29, 0.717) is 5.69 Å². The van der Waals surface area contributed by atoms with Crippen molar-refractivity contribution in [2.75, 3.05) is 5.32 Å². The predicted molar refractivity (Wildman–Crippen MR) is 67.3 cm³/mol. The molecule has 0 fully saturated rings. The number of carboxylic acid groups (broad SMARTS) is 1. The van der Waals surface area contributed by atoms with E-state index in [1.165, 1.54) is 23.5 Å². The maximum atomic E-state index is 13.5. The van der Waals surface area contributed by atoms with Crippen molar-refractivity contribution in [3.8, 4) is 0 Å². The number of anilines is 1. The van der Waals surface area contributed by atoms with E-state index in [1.807, 2.05) is 0 Å². The highest BCUT2D eigenvalue weighted by atomic mass is 32.1. The normalized spacial score (nSPS) is 12.1. The van der Waals surface area contributed by atoms with Gasteiger partial charge in [-0.25, -0.2) is 14.2 Å². The summed E-state index contributed by atoms with van der Waals surface area (Å²) in [7, 11) is 0. The topological polar surface area (TPSA) is 62.2 Å². The Morgan fingerprint density at radius 1 is 1.50 bits per heavy atom. The minimum absolute atomic E-state index is 0.149. The van der Waals surface area contributed by atoms with Gasteiger partial charge in [-0.05, 0) is 19.1 Å². The second kappa shape index (κ2) is 5.14. The quantitative estimate of drug-likeness (QED) is 0.893. The lowest BCUT2D eigenvalue weighted by molar-refractivity contribution is -0.138. The van der Waals surface area contributed by atoms with E-state index >= 15 is 0 Å². The number of thiazole rings is 1. The molecule has 2 N–H and O–H groups in total. The van der Waals surface area contributed by atoms with Gasteiger partial charge in [0.1, 0.15) is 5.82 Å². The maximum absolute atomic E-state index is 13.5. The van der Waals surface area contributed by atoms with Crippen LogP contribution in [0.25, 0.3) is 0 Å². The van der Waals surface area contributed by atoms with E-state index in [2.05, 4.69) is 10.3 Å². The van der Waals surface area contributed by atoms with Crippen LogP contribution in [0.5, 0.6) is 0 Å². The smallest absolute Gasteiger partial charge is 0.332 e. The van der Waals surface area contributed by atoms with Gasteiger partial charge in [-0.15, -0.1) is 11.3 Å². The van der Waals surface area contributed by atoms with Crippen molar-refractivity contribution < 1.29 is 14.3 Å². The summed E-state index contributed by atoms with van der Waals surface area (Å²) in [4.78, 5) is 15.3. The maximum Gasteiger partial charge on any atom is 0.332 e. The molecule has 1 atom stereocenters. The molecule has 0 amide bonds. The molecule has 1 heterocycles. The highest BCUT2D eigenvalue weighted by Crippen LogP contribution is 2.23. The van der Waals surface area contributed by atoms with Crippen molar-refractivity contribution in [3.63, 3.8) is 0 Å². The van der Waals surface area contributed by atoms with E-state index in [-0.39, 0.29) is 5.69 Å². The Bertz CT molecular complexity index is 571. The number of aryl methyl sites for hydroxylation is 1. The number of carboxylic acids is 1. The highest BCUT2D eigenvalue weighted by molar-refractivity contribution is 7.09. The fraction of sp³-hybridized carbons (Fsp3) is 0.167. The number of aliphatic carboxylic acids is 1. The molecule has 0 radical (unpaired) electrons. The summed E-state index contributed by atoms with van der Waals surface area (Å²) >= 11 is 1.36. The average molecular weight is 266 g/mol. The molecule has 1 unspecified atom stereocenters. The number of rotatable bonds is 4. The summed E-state index contributed by atoms with van der Waals surface area (Å²) < 4.78 is 13.5. The fourth-order valence-electron chi connectivity index (χ4n) is 1.51. The summed E-state index contributed by atoms with van der Waals surface area (Å²) in [5.41, 5.74) is 0.531. The number of benzene rings is 1. The third-order valence-corrected chi connectivity index (χ3v) is 3.14. The summed E-state index contributed by atoms with van der Waals surface area (Å²) in [5.74, 6) is -1.58. The Hall–Kier alpha value is -1.95. The molecule has 2 rings (SSSR count). The summed E-state index contributed by atoms with van der Waals surface area (Å²) in [6.45, 7) is 1.79. The lowest BCUT2D eigenvalue weighted by atomic mass is 10.2. The van der Waals surface area contributed by atoms with Crippen LogP contribution in [0.1, 0.15) is 16.7 Å². The molecule has 0 aliphatic carbocycles. The van der Waals surface area contributed by atoms with Crippen molar-refractivity contribution in [3.05, 3.63) is 46.2 Å². The van der Waals surface area contributed by atoms with Gasteiger partial charge in [0.25, 0.3) is 0 Å². The SMILES string of the molecule is Cc1nc(C(Nc2ccccc2F)C(=O)O)cs1. The first-order valence-corrected chi connectivity index (χ1v) is 6.12. The molecule has 0 spiro atoms. The zero-order chi connectivity index (χ0) is 13.1. The molecule has 0 bridgehead atoms. The standard InChI is InChI=1S/C12H11FN2O2S/c1-7-14-10(6-18-7)11(12(16)17)15-9-5-3-2-4-8(9)13/h2-6,11,15H,1H3,(H,16,17). The third kappa shape index (κ3) is 2.65. The first-order chi connectivity index (χ1) is 8.58. The van der Waals surface area contributed by atoms with Crippen LogP contribution in [0.2, 0.25) is 0 Å². The Balaban J connectivity index is 2.28. The van der Waals surface area contributed by atoms with Gasteiger partial charge in [-0.1, -0.05) is 12.1 Å². The van der Waals surface area contributed by atoms with Crippen molar-refractivity contribution in [1.29, 1.82) is 0 Å². The number of carbonyl (C=O) groups is 1. The molecule has 0 aliphatic rings. The first-order valence-electron chi connectivity index (χ1n) is 5.24. The molecule has 4 nitrogen and oxygen atoms in total. The lowest BCUT2D eigenvalue weighted by Gasteiger charge is -2.14. The van der Waals surface area contributed by atoms with Gasteiger partial charge in [0.2, 0.25) is 0 Å². The Labute approximate surface area is 107 Å². The summed E-state index contributed by atoms with van der Waals surface area (Å²) in [5, 5.41) is 14.2. The number of hydrogen-bond acceptors (Lipinski definition) is 4. The Morgan fingerprint density at radius 2 is 2.22 bits per heavy atom. The fourth-order valence-corrected chi connectivity index (χ4v) is 2.15. The number of aromatic nitrogens is 1. The van der Waals surface area contributed by atoms with Crippen molar-refractivity contribution in [2.45, 2.75) is 13.0 Å². The zero-order valence-corrected chi connectivity index (χ0v) is 10.4. The van der Waals surface area contributed by atoms with E-state index in [0.717, 1.165) is 5.01 Å². The second-order valence-electron chi connectivity index (χ2n) is 3.69. The van der Waals surface area contributed by atoms with Crippen LogP contribution in [-0.2, 0) is 4.79 Å². The molecular formula is C12H11FN2O2S. The molecule has 2 aromatic rings. The number of halogens is 1. The Morgan fingerprint density at radius 3 is 2.78 bits per heavy atom. The molecular weight excluding hydrogens is 255 g/mol. The second-order valence-corrected chi connectivity index (χ2v) is 4.75. The van der Waals surface area contributed by atoms with Crippen molar-refractivity contribution in [1.82, 2.24) is 4.98 Å². The number of nitrogens with zero attached hydrogens (tertiary/aromatic N) is 1. The zero-order valence-electron chi connectivity index (χ0n) is 9.55. The van der Waals surface area contributed by atoms with Crippen LogP contribution in [-0.4, -0.2) is 16.1 Å².